The Morgan fingerprint density at radius 3 is 2.10 bits per heavy atom. The zero-order valence-electron chi connectivity index (χ0n) is 23.6. The third kappa shape index (κ3) is 8.90. The van der Waals surface area contributed by atoms with E-state index < -0.39 is 29.4 Å². The molecule has 39 heavy (non-hydrogen) atoms. The summed E-state index contributed by atoms with van der Waals surface area (Å²) < 4.78 is 11.6. The van der Waals surface area contributed by atoms with Gasteiger partial charge in [0.15, 0.2) is 0 Å². The van der Waals surface area contributed by atoms with Crippen molar-refractivity contribution in [1.82, 2.24) is 10.2 Å². The maximum Gasteiger partial charge on any atom is 0.408 e. The Kier molecular flexibility index (Phi) is 10.1. The molecule has 0 spiro atoms. The van der Waals surface area contributed by atoms with Crippen LogP contribution in [0.3, 0.4) is 0 Å². The van der Waals surface area contributed by atoms with Crippen LogP contribution >= 0.6 is 34.8 Å². The number of piperazine rings is 1. The van der Waals surface area contributed by atoms with E-state index in [0.717, 1.165) is 11.3 Å². The standard InChI is InChI=1S/C29H38Cl3N3O4/c1-18(38-28(2,3)4)25(33-27(37)39-29(5,6)7)26(36)34-14-15-35(23-13-12-21(31)16-22(23)32)24(17-34)19-8-10-20(30)11-9-19/h8-13,16,18,24-25H,14-15,17H2,1-7H3,(H,33,37)/t18-,24+,25+/m1/s1. The second-order valence-corrected chi connectivity index (χ2v) is 13.0. The van der Waals surface area contributed by atoms with Crippen molar-refractivity contribution in [2.24, 2.45) is 0 Å². The summed E-state index contributed by atoms with van der Waals surface area (Å²) in [4.78, 5) is 30.7. The van der Waals surface area contributed by atoms with Crippen molar-refractivity contribution in [2.45, 2.75) is 77.9 Å². The van der Waals surface area contributed by atoms with Crippen LogP contribution in [0.5, 0.6) is 0 Å². The van der Waals surface area contributed by atoms with Gasteiger partial charge in [0.25, 0.3) is 0 Å². The number of carbonyl (C=O) groups excluding carboxylic acids is 2. The van der Waals surface area contributed by atoms with E-state index in [1.54, 1.807) is 44.7 Å². The second-order valence-electron chi connectivity index (χ2n) is 11.7. The van der Waals surface area contributed by atoms with Gasteiger partial charge in [-0.2, -0.15) is 0 Å². The highest BCUT2D eigenvalue weighted by Crippen LogP contribution is 2.37. The van der Waals surface area contributed by atoms with Crippen molar-refractivity contribution < 1.29 is 19.1 Å². The van der Waals surface area contributed by atoms with E-state index in [1.807, 2.05) is 51.1 Å². The van der Waals surface area contributed by atoms with Crippen LogP contribution in [0.2, 0.25) is 15.1 Å². The Morgan fingerprint density at radius 1 is 0.923 bits per heavy atom. The van der Waals surface area contributed by atoms with Crippen LogP contribution in [0.4, 0.5) is 10.5 Å². The second kappa shape index (κ2) is 12.5. The summed E-state index contributed by atoms with van der Waals surface area (Å²) in [7, 11) is 0. The number of nitrogens with zero attached hydrogens (tertiary/aromatic N) is 2. The molecule has 3 rings (SSSR count). The van der Waals surface area contributed by atoms with Gasteiger partial charge in [0.2, 0.25) is 5.91 Å². The van der Waals surface area contributed by atoms with Crippen LogP contribution < -0.4 is 10.2 Å². The van der Waals surface area contributed by atoms with Crippen LogP contribution in [0.25, 0.3) is 0 Å². The summed E-state index contributed by atoms with van der Waals surface area (Å²) in [5.74, 6) is -0.251. The number of anilines is 1. The Balaban J connectivity index is 1.93. The van der Waals surface area contributed by atoms with Gasteiger partial charge >= 0.3 is 6.09 Å². The number of hydrogen-bond donors (Lipinski definition) is 1. The minimum absolute atomic E-state index is 0.223. The minimum atomic E-state index is -0.949. The molecule has 3 atom stereocenters. The molecule has 0 aliphatic carbocycles. The first-order chi connectivity index (χ1) is 18.0. The topological polar surface area (TPSA) is 71.1 Å². The summed E-state index contributed by atoms with van der Waals surface area (Å²) in [6.45, 7) is 14.1. The minimum Gasteiger partial charge on any atom is -0.444 e. The van der Waals surface area contributed by atoms with E-state index in [-0.39, 0.29) is 11.9 Å². The van der Waals surface area contributed by atoms with Crippen LogP contribution in [0.1, 0.15) is 60.1 Å². The molecule has 7 nitrogen and oxygen atoms in total. The average Bonchev–Trinajstić information content (AvgIpc) is 2.80. The summed E-state index contributed by atoms with van der Waals surface area (Å²) in [6.07, 6.45) is -1.28. The number of benzene rings is 2. The van der Waals surface area contributed by atoms with E-state index in [2.05, 4.69) is 10.2 Å². The number of alkyl carbamates (subject to hydrolysis) is 1. The maximum absolute atomic E-state index is 14.0. The van der Waals surface area contributed by atoms with E-state index >= 15 is 0 Å². The number of carbonyl (C=O) groups is 2. The Hall–Kier alpha value is -2.19. The summed E-state index contributed by atoms with van der Waals surface area (Å²) in [6, 6.07) is 11.8. The smallest absolute Gasteiger partial charge is 0.408 e. The molecule has 1 fully saturated rings. The molecular weight excluding hydrogens is 561 g/mol. The fourth-order valence-electron chi connectivity index (χ4n) is 4.59. The molecule has 1 aliphatic heterocycles. The zero-order chi connectivity index (χ0) is 29.1. The molecule has 0 radical (unpaired) electrons. The molecular formula is C29H38Cl3N3O4. The molecule has 2 amide bonds. The predicted octanol–water partition coefficient (Wildman–Crippen LogP) is 7.13. The van der Waals surface area contributed by atoms with Crippen molar-refractivity contribution in [3.8, 4) is 0 Å². The van der Waals surface area contributed by atoms with Gasteiger partial charge in [-0.05, 0) is 84.4 Å². The van der Waals surface area contributed by atoms with Crippen molar-refractivity contribution in [1.29, 1.82) is 0 Å². The van der Waals surface area contributed by atoms with Gasteiger partial charge in [0.05, 0.1) is 28.5 Å². The lowest BCUT2D eigenvalue weighted by Gasteiger charge is -2.44. The van der Waals surface area contributed by atoms with Crippen LogP contribution in [-0.4, -0.2) is 59.9 Å². The van der Waals surface area contributed by atoms with Crippen LogP contribution in [0, 0.1) is 0 Å². The Morgan fingerprint density at radius 2 is 1.54 bits per heavy atom. The number of ether oxygens (including phenoxy) is 2. The first kappa shape index (κ1) is 31.3. The molecule has 1 aliphatic rings. The molecule has 1 heterocycles. The fourth-order valence-corrected chi connectivity index (χ4v) is 5.24. The summed E-state index contributed by atoms with van der Waals surface area (Å²) in [5, 5.41) is 4.46. The average molecular weight is 599 g/mol. The third-order valence-electron chi connectivity index (χ3n) is 6.11. The first-order valence-electron chi connectivity index (χ1n) is 13.0. The van der Waals surface area contributed by atoms with Crippen molar-refractivity contribution in [3.63, 3.8) is 0 Å². The molecule has 1 N–H and O–H groups in total. The normalized spacial score (nSPS) is 17.9. The van der Waals surface area contributed by atoms with E-state index in [9.17, 15) is 9.59 Å². The van der Waals surface area contributed by atoms with E-state index in [4.69, 9.17) is 44.3 Å². The molecule has 1 saturated heterocycles. The van der Waals surface area contributed by atoms with Gasteiger partial charge in [-0.15, -0.1) is 0 Å². The Bertz CT molecular complexity index is 1160. The number of amides is 2. The van der Waals surface area contributed by atoms with Crippen LogP contribution in [0.15, 0.2) is 42.5 Å². The largest absolute Gasteiger partial charge is 0.444 e. The zero-order valence-corrected chi connectivity index (χ0v) is 25.8. The van der Waals surface area contributed by atoms with Gasteiger partial charge in [0.1, 0.15) is 11.6 Å². The molecule has 214 valence electrons. The first-order valence-corrected chi connectivity index (χ1v) is 14.1. The van der Waals surface area contributed by atoms with Crippen molar-refractivity contribution in [2.75, 3.05) is 24.5 Å². The molecule has 0 aromatic heterocycles. The van der Waals surface area contributed by atoms with Crippen molar-refractivity contribution in [3.05, 3.63) is 63.1 Å². The summed E-state index contributed by atoms with van der Waals surface area (Å²) >= 11 is 18.9. The molecule has 2 aromatic carbocycles. The lowest BCUT2D eigenvalue weighted by Crippen LogP contribution is -2.60. The highest BCUT2D eigenvalue weighted by Gasteiger charge is 2.39. The number of nitrogens with one attached hydrogen (secondary N) is 1. The molecule has 10 heteroatoms. The highest BCUT2D eigenvalue weighted by atomic mass is 35.5. The molecule has 2 aromatic rings. The molecule has 0 unspecified atom stereocenters. The number of rotatable bonds is 6. The fraction of sp³-hybridized carbons (Fsp3) is 0.517. The van der Waals surface area contributed by atoms with Gasteiger partial charge in [-0.1, -0.05) is 46.9 Å². The highest BCUT2D eigenvalue weighted by molar-refractivity contribution is 6.36. The monoisotopic (exact) mass is 597 g/mol. The van der Waals surface area contributed by atoms with Crippen molar-refractivity contribution >= 4 is 52.5 Å². The molecule has 0 bridgehead atoms. The van der Waals surface area contributed by atoms with Gasteiger partial charge in [-0.25, -0.2) is 4.79 Å². The Labute approximate surface area is 246 Å². The van der Waals surface area contributed by atoms with Gasteiger partial charge in [0, 0.05) is 29.7 Å². The van der Waals surface area contributed by atoms with Crippen LogP contribution in [-0.2, 0) is 14.3 Å². The predicted molar refractivity (Wildman–Crippen MR) is 158 cm³/mol. The molecule has 0 saturated carbocycles. The van der Waals surface area contributed by atoms with Gasteiger partial charge in [-0.3, -0.25) is 4.79 Å². The SMILES string of the molecule is C[C@@H](OC(C)(C)C)[C@H](NC(=O)OC(C)(C)C)C(=O)N1CCN(c2ccc(Cl)cc2Cl)[C@H](c2ccc(Cl)cc2)C1. The van der Waals surface area contributed by atoms with E-state index in [1.165, 1.54) is 0 Å². The lowest BCUT2D eigenvalue weighted by atomic mass is 10.00. The maximum atomic E-state index is 14.0. The third-order valence-corrected chi connectivity index (χ3v) is 6.90. The number of halogens is 3. The summed E-state index contributed by atoms with van der Waals surface area (Å²) in [5.41, 5.74) is 0.554. The quantitative estimate of drug-likeness (QED) is 0.383. The van der Waals surface area contributed by atoms with Gasteiger partial charge < -0.3 is 24.6 Å². The number of hydrogen-bond acceptors (Lipinski definition) is 5. The van der Waals surface area contributed by atoms with E-state index in [0.29, 0.717) is 34.7 Å². The lowest BCUT2D eigenvalue weighted by molar-refractivity contribution is -0.142.